The topological polar surface area (TPSA) is 107 Å². The van der Waals surface area contributed by atoms with E-state index < -0.39 is 17.8 Å². The number of rotatable bonds is 4. The molecule has 1 atom stereocenters. The largest absolute Gasteiger partial charge is 0.465 e. The van der Waals surface area contributed by atoms with Gasteiger partial charge >= 0.3 is 6.09 Å². The molecule has 0 spiro atoms. The fourth-order valence-corrected chi connectivity index (χ4v) is 2.58. The number of hydrogen-bond acceptors (Lipinski definition) is 5. The first-order valence-corrected chi connectivity index (χ1v) is 7.65. The summed E-state index contributed by atoms with van der Waals surface area (Å²) in [5.41, 5.74) is 0.312. The zero-order valence-corrected chi connectivity index (χ0v) is 13.1. The second-order valence-corrected chi connectivity index (χ2v) is 5.58. The van der Waals surface area contributed by atoms with Crippen LogP contribution in [0.15, 0.2) is 36.7 Å². The van der Waals surface area contributed by atoms with E-state index in [1.165, 1.54) is 17.0 Å². The maximum atomic E-state index is 14.2. The number of carbonyl (C=O) groups excluding carboxylic acids is 1. The highest BCUT2D eigenvalue weighted by Crippen LogP contribution is 2.18. The second kappa shape index (κ2) is 7.12. The zero-order valence-electron chi connectivity index (χ0n) is 13.1. The summed E-state index contributed by atoms with van der Waals surface area (Å²) in [5.74, 6) is -0.942. The molecule has 1 aliphatic rings. The van der Waals surface area contributed by atoms with Gasteiger partial charge in [-0.1, -0.05) is 0 Å². The molecule has 1 unspecified atom stereocenters. The van der Waals surface area contributed by atoms with Crippen LogP contribution >= 0.6 is 0 Å². The van der Waals surface area contributed by atoms with Crippen LogP contribution in [0.1, 0.15) is 16.8 Å². The third kappa shape index (κ3) is 4.00. The zero-order chi connectivity index (χ0) is 17.8. The molecule has 9 heteroatoms. The van der Waals surface area contributed by atoms with Crippen LogP contribution in [0.2, 0.25) is 0 Å². The Bertz CT molecular complexity index is 787. The standard InChI is InChI=1S/C16H16FN5O3/c17-13-8-10(21-15-18-5-1-6-19-15)2-3-12(13)14(23)20-11-4-7-22(9-11)16(24)25/h1-3,5-6,8,11H,4,7,9H2,(H,20,23)(H,24,25)(H,18,19,21). The Hall–Kier alpha value is -3.23. The Balaban J connectivity index is 1.64. The van der Waals surface area contributed by atoms with Crippen molar-refractivity contribution in [3.63, 3.8) is 0 Å². The molecule has 3 rings (SSSR count). The molecule has 0 saturated carbocycles. The van der Waals surface area contributed by atoms with Crippen LogP contribution < -0.4 is 10.6 Å². The summed E-state index contributed by atoms with van der Waals surface area (Å²) in [5, 5.41) is 14.4. The predicted molar refractivity (Wildman–Crippen MR) is 87.2 cm³/mol. The number of hydrogen-bond donors (Lipinski definition) is 3. The first kappa shape index (κ1) is 16.6. The van der Waals surface area contributed by atoms with Crippen LogP contribution in [0.4, 0.5) is 20.8 Å². The average Bonchev–Trinajstić information content (AvgIpc) is 3.04. The quantitative estimate of drug-likeness (QED) is 0.780. The van der Waals surface area contributed by atoms with Crippen molar-refractivity contribution in [1.29, 1.82) is 0 Å². The van der Waals surface area contributed by atoms with Crippen molar-refractivity contribution in [3.05, 3.63) is 48.0 Å². The predicted octanol–water partition coefficient (Wildman–Crippen LogP) is 1.84. The lowest BCUT2D eigenvalue weighted by molar-refractivity contribution is 0.0931. The minimum absolute atomic E-state index is 0.103. The molecule has 1 saturated heterocycles. The van der Waals surface area contributed by atoms with Crippen molar-refractivity contribution in [1.82, 2.24) is 20.2 Å². The van der Waals surface area contributed by atoms with Crippen LogP contribution in [0.5, 0.6) is 0 Å². The maximum Gasteiger partial charge on any atom is 0.407 e. The summed E-state index contributed by atoms with van der Waals surface area (Å²) in [7, 11) is 0. The summed E-state index contributed by atoms with van der Waals surface area (Å²) < 4.78 is 14.2. The van der Waals surface area contributed by atoms with Gasteiger partial charge in [-0.25, -0.2) is 19.2 Å². The number of aromatic nitrogens is 2. The first-order valence-electron chi connectivity index (χ1n) is 7.65. The molecule has 0 bridgehead atoms. The van der Waals surface area contributed by atoms with Crippen molar-refractivity contribution in [3.8, 4) is 0 Å². The van der Waals surface area contributed by atoms with Gasteiger partial charge in [0.2, 0.25) is 5.95 Å². The van der Waals surface area contributed by atoms with E-state index >= 15 is 0 Å². The second-order valence-electron chi connectivity index (χ2n) is 5.58. The van der Waals surface area contributed by atoms with Gasteiger partial charge in [0, 0.05) is 37.2 Å². The van der Waals surface area contributed by atoms with Crippen LogP contribution in [-0.2, 0) is 0 Å². The molecule has 1 aromatic heterocycles. The summed E-state index contributed by atoms with van der Waals surface area (Å²) in [4.78, 5) is 32.3. The Kier molecular flexibility index (Phi) is 4.73. The molecule has 25 heavy (non-hydrogen) atoms. The van der Waals surface area contributed by atoms with Gasteiger partial charge in [-0.2, -0.15) is 0 Å². The van der Waals surface area contributed by atoms with E-state index in [4.69, 9.17) is 5.11 Å². The fraction of sp³-hybridized carbons (Fsp3) is 0.250. The van der Waals surface area contributed by atoms with Gasteiger partial charge in [0.15, 0.2) is 0 Å². The van der Waals surface area contributed by atoms with Crippen molar-refractivity contribution in [2.75, 3.05) is 18.4 Å². The van der Waals surface area contributed by atoms with E-state index in [1.807, 2.05) is 0 Å². The van der Waals surface area contributed by atoms with Gasteiger partial charge in [-0.15, -0.1) is 0 Å². The normalized spacial score (nSPS) is 16.5. The van der Waals surface area contributed by atoms with E-state index in [1.54, 1.807) is 24.5 Å². The highest BCUT2D eigenvalue weighted by molar-refractivity contribution is 5.95. The van der Waals surface area contributed by atoms with Crippen molar-refractivity contribution >= 4 is 23.6 Å². The number of nitrogens with zero attached hydrogens (tertiary/aromatic N) is 3. The number of amides is 2. The van der Waals surface area contributed by atoms with E-state index in [2.05, 4.69) is 20.6 Å². The molecule has 2 heterocycles. The van der Waals surface area contributed by atoms with Gasteiger partial charge in [-0.3, -0.25) is 4.79 Å². The molecule has 2 aromatic rings. The Morgan fingerprint density at radius 3 is 2.68 bits per heavy atom. The molecule has 1 aromatic carbocycles. The van der Waals surface area contributed by atoms with Crippen molar-refractivity contribution < 1.29 is 19.1 Å². The number of benzene rings is 1. The summed E-state index contributed by atoms with van der Waals surface area (Å²) in [6, 6.07) is 5.43. The number of likely N-dealkylation sites (tertiary alicyclic amines) is 1. The van der Waals surface area contributed by atoms with Crippen molar-refractivity contribution in [2.45, 2.75) is 12.5 Å². The Morgan fingerprint density at radius 2 is 2.04 bits per heavy atom. The molecule has 8 nitrogen and oxygen atoms in total. The molecule has 130 valence electrons. The van der Waals surface area contributed by atoms with Gasteiger partial charge in [0.05, 0.1) is 5.56 Å². The number of halogens is 1. The molecule has 0 radical (unpaired) electrons. The molecule has 1 aliphatic heterocycles. The highest BCUT2D eigenvalue weighted by atomic mass is 19.1. The van der Waals surface area contributed by atoms with Gasteiger partial charge in [-0.05, 0) is 30.7 Å². The van der Waals surface area contributed by atoms with E-state index in [9.17, 15) is 14.0 Å². The fourth-order valence-electron chi connectivity index (χ4n) is 2.58. The smallest absolute Gasteiger partial charge is 0.407 e. The van der Waals surface area contributed by atoms with Crippen molar-refractivity contribution in [2.24, 2.45) is 0 Å². The molecule has 2 amide bonds. The molecular formula is C16H16FN5O3. The first-order chi connectivity index (χ1) is 12.0. The summed E-state index contributed by atoms with van der Waals surface area (Å²) in [6.07, 6.45) is 2.58. The minimum atomic E-state index is -1.03. The van der Waals surface area contributed by atoms with E-state index in [0.717, 1.165) is 0 Å². The third-order valence-electron chi connectivity index (χ3n) is 3.83. The summed E-state index contributed by atoms with van der Waals surface area (Å²) in [6.45, 7) is 0.552. The lowest BCUT2D eigenvalue weighted by Crippen LogP contribution is -2.38. The third-order valence-corrected chi connectivity index (χ3v) is 3.83. The SMILES string of the molecule is O=C(NC1CCN(C(=O)O)C1)c1ccc(Nc2ncccn2)cc1F. The molecule has 3 N–H and O–H groups in total. The van der Waals surface area contributed by atoms with E-state index in [-0.39, 0.29) is 18.2 Å². The monoisotopic (exact) mass is 345 g/mol. The van der Waals surface area contributed by atoms with Crippen LogP contribution in [-0.4, -0.2) is 51.1 Å². The molecular weight excluding hydrogens is 329 g/mol. The molecule has 0 aliphatic carbocycles. The maximum absolute atomic E-state index is 14.2. The van der Waals surface area contributed by atoms with Gasteiger partial charge in [0.25, 0.3) is 5.91 Å². The Morgan fingerprint density at radius 1 is 1.28 bits per heavy atom. The minimum Gasteiger partial charge on any atom is -0.465 e. The van der Waals surface area contributed by atoms with Gasteiger partial charge in [0.1, 0.15) is 5.82 Å². The number of carbonyl (C=O) groups is 2. The van der Waals surface area contributed by atoms with Crippen LogP contribution in [0.3, 0.4) is 0 Å². The lowest BCUT2D eigenvalue weighted by atomic mass is 10.1. The van der Waals surface area contributed by atoms with E-state index in [0.29, 0.717) is 24.6 Å². The van der Waals surface area contributed by atoms with Crippen LogP contribution in [0, 0.1) is 5.82 Å². The summed E-state index contributed by atoms with van der Waals surface area (Å²) >= 11 is 0. The average molecular weight is 345 g/mol. The Labute approximate surface area is 142 Å². The molecule has 1 fully saturated rings. The number of anilines is 2. The number of nitrogens with one attached hydrogen (secondary N) is 2. The van der Waals surface area contributed by atoms with Crippen LogP contribution in [0.25, 0.3) is 0 Å². The highest BCUT2D eigenvalue weighted by Gasteiger charge is 2.27. The lowest BCUT2D eigenvalue weighted by Gasteiger charge is -2.14. The number of carboxylic acid groups (broad SMARTS) is 1. The van der Waals surface area contributed by atoms with Gasteiger partial charge < -0.3 is 20.6 Å².